The number of nitrogens with two attached hydrogens (primary N) is 1. The molecule has 0 unspecified atom stereocenters. The van der Waals surface area contributed by atoms with Crippen LogP contribution in [0.3, 0.4) is 0 Å². The van der Waals surface area contributed by atoms with E-state index in [4.69, 9.17) is 10.5 Å². The van der Waals surface area contributed by atoms with Crippen LogP contribution in [0.25, 0.3) is 0 Å². The molecule has 2 atom stereocenters. The summed E-state index contributed by atoms with van der Waals surface area (Å²) in [4.78, 5) is 17.9. The van der Waals surface area contributed by atoms with E-state index < -0.39 is 0 Å². The molecule has 0 spiro atoms. The monoisotopic (exact) mass is 548 g/mol. The Morgan fingerprint density at radius 2 is 1.82 bits per heavy atom. The number of hydrogen-bond acceptors (Lipinski definition) is 8. The predicted octanol–water partition coefficient (Wildman–Crippen LogP) is 3.95. The lowest BCUT2D eigenvalue weighted by Gasteiger charge is -2.42. The number of nitrogens with one attached hydrogen (secondary N) is 1. The van der Waals surface area contributed by atoms with Crippen LogP contribution in [0.5, 0.6) is 23.0 Å². The molecule has 0 radical (unpaired) electrons. The zero-order valence-electron chi connectivity index (χ0n) is 23.6. The number of methoxy groups -OCH3 is 1. The molecule has 1 aliphatic heterocycles. The normalized spacial score (nSPS) is 16.6. The number of nitrogens with zero attached hydrogens (tertiary/aromatic N) is 2. The van der Waals surface area contributed by atoms with Gasteiger partial charge in [-0.3, -0.25) is 9.69 Å². The van der Waals surface area contributed by atoms with Gasteiger partial charge in [0.05, 0.1) is 7.11 Å². The number of aromatic hydroxyl groups is 3. The van der Waals surface area contributed by atoms with Gasteiger partial charge < -0.3 is 36.0 Å². The first-order chi connectivity index (χ1) is 19.0. The fourth-order valence-corrected chi connectivity index (χ4v) is 5.21. The van der Waals surface area contributed by atoms with Crippen LogP contribution in [0.15, 0.2) is 54.6 Å². The molecular formula is C31H40N4O5. The fraction of sp³-hybridized carbons (Fsp3) is 0.387. The van der Waals surface area contributed by atoms with Crippen LogP contribution < -0.4 is 20.7 Å². The molecule has 6 N–H and O–H groups in total. The van der Waals surface area contributed by atoms with Gasteiger partial charge in [0.2, 0.25) is 0 Å². The number of phenols is 3. The predicted molar refractivity (Wildman–Crippen MR) is 157 cm³/mol. The van der Waals surface area contributed by atoms with Gasteiger partial charge in [-0.05, 0) is 48.7 Å². The largest absolute Gasteiger partial charge is 0.508 e. The molecule has 214 valence electrons. The van der Waals surface area contributed by atoms with Crippen molar-refractivity contribution in [3.05, 3.63) is 71.3 Å². The highest BCUT2D eigenvalue weighted by atomic mass is 16.5. The third kappa shape index (κ3) is 6.71. The summed E-state index contributed by atoms with van der Waals surface area (Å²) >= 11 is 0. The first-order valence-electron chi connectivity index (χ1n) is 13.6. The number of hydrogen-bond donors (Lipinski definition) is 5. The first-order valence-corrected chi connectivity index (χ1v) is 13.6. The third-order valence-electron chi connectivity index (χ3n) is 7.62. The van der Waals surface area contributed by atoms with E-state index in [2.05, 4.69) is 35.9 Å². The summed E-state index contributed by atoms with van der Waals surface area (Å²) in [6.45, 7) is 9.67. The van der Waals surface area contributed by atoms with Gasteiger partial charge >= 0.3 is 0 Å². The molecule has 9 nitrogen and oxygen atoms in total. The van der Waals surface area contributed by atoms with Crippen LogP contribution >= 0.6 is 0 Å². The number of benzene rings is 3. The van der Waals surface area contributed by atoms with E-state index >= 15 is 0 Å². The van der Waals surface area contributed by atoms with E-state index in [1.165, 1.54) is 13.2 Å². The van der Waals surface area contributed by atoms with Gasteiger partial charge in [0.1, 0.15) is 11.5 Å². The number of carbonyl (C=O) groups excluding carboxylic acids is 1. The van der Waals surface area contributed by atoms with Gasteiger partial charge in [-0.25, -0.2) is 0 Å². The van der Waals surface area contributed by atoms with Gasteiger partial charge in [-0.2, -0.15) is 0 Å². The zero-order valence-corrected chi connectivity index (χ0v) is 23.6. The summed E-state index contributed by atoms with van der Waals surface area (Å²) in [6, 6.07) is 15.6. The fourth-order valence-electron chi connectivity index (χ4n) is 5.21. The van der Waals surface area contributed by atoms with Gasteiger partial charge in [0.25, 0.3) is 5.91 Å². The molecule has 1 amide bonds. The van der Waals surface area contributed by atoms with Gasteiger partial charge in [-0.15, -0.1) is 0 Å². The number of piperazine rings is 1. The minimum absolute atomic E-state index is 0.0469. The van der Waals surface area contributed by atoms with Crippen molar-refractivity contribution in [2.45, 2.75) is 39.3 Å². The molecule has 1 saturated heterocycles. The number of anilines is 2. The number of carbonyl (C=O) groups is 1. The Morgan fingerprint density at radius 1 is 1.05 bits per heavy atom. The molecular weight excluding hydrogens is 508 g/mol. The molecule has 0 aromatic heterocycles. The van der Waals surface area contributed by atoms with Gasteiger partial charge in [0, 0.05) is 79.3 Å². The molecule has 1 fully saturated rings. The van der Waals surface area contributed by atoms with Crippen LogP contribution in [0, 0.1) is 5.92 Å². The van der Waals surface area contributed by atoms with Gasteiger partial charge in [0.15, 0.2) is 11.5 Å². The Morgan fingerprint density at radius 3 is 2.48 bits per heavy atom. The van der Waals surface area contributed by atoms with Crippen LogP contribution in [0.1, 0.15) is 42.3 Å². The first kappa shape index (κ1) is 28.9. The molecule has 0 bridgehead atoms. The molecule has 1 aliphatic rings. The summed E-state index contributed by atoms with van der Waals surface area (Å²) < 4.78 is 5.15. The Balaban J connectivity index is 1.39. The lowest BCUT2D eigenvalue weighted by atomic mass is 9.99. The van der Waals surface area contributed by atoms with Crippen molar-refractivity contribution in [2.75, 3.05) is 43.9 Å². The molecule has 3 aromatic rings. The van der Waals surface area contributed by atoms with Crippen LogP contribution in [0.4, 0.5) is 11.4 Å². The average Bonchev–Trinajstić information content (AvgIpc) is 2.90. The smallest absolute Gasteiger partial charge is 0.251 e. The lowest BCUT2D eigenvalue weighted by molar-refractivity contribution is 0.0903. The standard InChI is InChI=1S/C31H40N4O5/c1-19(2)27(18-34-10-11-35(20(3)17-34)24-6-5-7-25(36)15-24)33-31(39)22-9-8-21(26(32)13-22)12-23-14-30(40-4)29(38)16-28(23)37/h5-9,13-16,19-20,27,36-38H,10-12,17-18,32H2,1-4H3,(H,33,39)/t20-,27+/m0/s1. The van der Waals surface area contributed by atoms with Gasteiger partial charge in [-0.1, -0.05) is 26.0 Å². The van der Waals surface area contributed by atoms with Crippen LogP contribution in [-0.4, -0.2) is 71.5 Å². The summed E-state index contributed by atoms with van der Waals surface area (Å²) in [7, 11) is 1.44. The van der Waals surface area contributed by atoms with E-state index in [0.29, 0.717) is 23.2 Å². The van der Waals surface area contributed by atoms with E-state index in [1.54, 1.807) is 36.4 Å². The molecule has 4 rings (SSSR count). The van der Waals surface area contributed by atoms with Crippen molar-refractivity contribution in [1.82, 2.24) is 10.2 Å². The highest BCUT2D eigenvalue weighted by Crippen LogP contribution is 2.35. The van der Waals surface area contributed by atoms with Crippen molar-refractivity contribution in [3.63, 3.8) is 0 Å². The summed E-state index contributed by atoms with van der Waals surface area (Å²) in [5.41, 5.74) is 9.54. The van der Waals surface area contributed by atoms with Crippen molar-refractivity contribution in [3.8, 4) is 23.0 Å². The number of phenolic OH excluding ortho intramolecular Hbond substituents is 3. The van der Waals surface area contributed by atoms with Crippen molar-refractivity contribution >= 4 is 17.3 Å². The maximum atomic E-state index is 13.2. The second kappa shape index (κ2) is 12.4. The van der Waals surface area contributed by atoms with Crippen molar-refractivity contribution in [2.24, 2.45) is 5.92 Å². The van der Waals surface area contributed by atoms with Crippen LogP contribution in [0.2, 0.25) is 0 Å². The maximum Gasteiger partial charge on any atom is 0.251 e. The Labute approximate surface area is 235 Å². The summed E-state index contributed by atoms with van der Waals surface area (Å²) in [5, 5.41) is 33.2. The Hall–Kier alpha value is -4.11. The minimum Gasteiger partial charge on any atom is -0.508 e. The maximum absolute atomic E-state index is 13.2. The Kier molecular flexibility index (Phi) is 8.94. The molecule has 1 heterocycles. The number of amides is 1. The van der Waals surface area contributed by atoms with E-state index in [-0.39, 0.29) is 46.9 Å². The lowest BCUT2D eigenvalue weighted by Crippen LogP contribution is -2.56. The van der Waals surface area contributed by atoms with Crippen molar-refractivity contribution in [1.29, 1.82) is 0 Å². The third-order valence-corrected chi connectivity index (χ3v) is 7.62. The van der Waals surface area contributed by atoms with E-state index in [0.717, 1.165) is 37.4 Å². The highest BCUT2D eigenvalue weighted by Gasteiger charge is 2.28. The summed E-state index contributed by atoms with van der Waals surface area (Å²) in [5.74, 6) is 0.372. The molecule has 40 heavy (non-hydrogen) atoms. The topological polar surface area (TPSA) is 132 Å². The van der Waals surface area contributed by atoms with Crippen LogP contribution in [-0.2, 0) is 6.42 Å². The minimum atomic E-state index is -0.183. The highest BCUT2D eigenvalue weighted by molar-refractivity contribution is 5.95. The SMILES string of the molecule is COc1cc(Cc2ccc(C(=O)N[C@H](CN3CCN(c4cccc(O)c4)[C@@H](C)C3)C(C)C)cc2N)c(O)cc1O. The second-order valence-corrected chi connectivity index (χ2v) is 10.9. The number of nitrogen functional groups attached to an aromatic ring is 1. The molecule has 3 aromatic carbocycles. The van der Waals surface area contributed by atoms with E-state index in [1.807, 2.05) is 12.1 Å². The quantitative estimate of drug-likeness (QED) is 0.254. The molecule has 0 saturated carbocycles. The number of ether oxygens (including phenoxy) is 1. The van der Waals surface area contributed by atoms with E-state index in [9.17, 15) is 20.1 Å². The number of rotatable bonds is 9. The zero-order chi connectivity index (χ0) is 29.0. The Bertz CT molecular complexity index is 1350. The molecule has 0 aliphatic carbocycles. The summed E-state index contributed by atoms with van der Waals surface area (Å²) in [6.07, 6.45) is 0.317. The average molecular weight is 549 g/mol. The molecule has 9 heteroatoms. The van der Waals surface area contributed by atoms with Crippen molar-refractivity contribution < 1.29 is 24.9 Å². The second-order valence-electron chi connectivity index (χ2n) is 10.9.